The summed E-state index contributed by atoms with van der Waals surface area (Å²) in [7, 11) is 1.26. The van der Waals surface area contributed by atoms with Gasteiger partial charge in [-0.1, -0.05) is 36.4 Å². The van der Waals surface area contributed by atoms with E-state index in [0.717, 1.165) is 6.07 Å². The van der Waals surface area contributed by atoms with E-state index in [2.05, 4.69) is 5.32 Å². The van der Waals surface area contributed by atoms with Gasteiger partial charge in [0.25, 0.3) is 0 Å². The molecule has 10 heteroatoms. The Kier molecular flexibility index (Phi) is 5.40. The third-order valence-corrected chi connectivity index (χ3v) is 5.21. The molecule has 0 aromatic heterocycles. The molecule has 0 saturated carbocycles. The Balaban J connectivity index is 2.23. The number of piperidine rings is 1. The number of carbonyl (C=O) groups is 2. The van der Waals surface area contributed by atoms with Gasteiger partial charge in [-0.2, -0.15) is 5.26 Å². The number of nitrogens with one attached hydrogen (secondary N) is 1. The first-order valence-electron chi connectivity index (χ1n) is 8.85. The molecule has 4 atom stereocenters. The number of nitrogens with two attached hydrogens (primary N) is 1. The number of primary amides is 1. The molecule has 1 heterocycles. The van der Waals surface area contributed by atoms with Gasteiger partial charge in [-0.3, -0.25) is 19.7 Å². The number of nitrogens with zero attached hydrogens (tertiary/aromatic N) is 2. The highest BCUT2D eigenvalue weighted by Crippen LogP contribution is 2.46. The zero-order valence-corrected chi connectivity index (χ0v) is 15.8. The van der Waals surface area contributed by atoms with Crippen molar-refractivity contribution >= 4 is 17.5 Å². The van der Waals surface area contributed by atoms with Gasteiger partial charge in [0.05, 0.1) is 18.1 Å². The lowest BCUT2D eigenvalue weighted by Crippen LogP contribution is -2.62. The Hall–Kier alpha value is -3.97. The van der Waals surface area contributed by atoms with Crippen LogP contribution in [0.5, 0.6) is 5.75 Å². The molecule has 0 spiro atoms. The van der Waals surface area contributed by atoms with Gasteiger partial charge < -0.3 is 20.9 Å². The summed E-state index contributed by atoms with van der Waals surface area (Å²) in [6.07, 6.45) is 0. The molecule has 10 nitrogen and oxygen atoms in total. The van der Waals surface area contributed by atoms with Crippen molar-refractivity contribution in [3.8, 4) is 11.8 Å². The van der Waals surface area contributed by atoms with E-state index >= 15 is 0 Å². The number of nitro benzene ring substituents is 1. The summed E-state index contributed by atoms with van der Waals surface area (Å²) in [4.78, 5) is 35.6. The summed E-state index contributed by atoms with van der Waals surface area (Å²) in [6, 6.07) is 13.7. The minimum atomic E-state index is -2.14. The van der Waals surface area contributed by atoms with E-state index in [9.17, 15) is 30.1 Å². The molecule has 1 aliphatic heterocycles. The number of nitriles is 1. The standard InChI is InChI=1S/C20H18N4O6/c1-30-15-8-7-11(9-14(15)24(28)29)16-13(10-21)20(27,12-5-3-2-4-6-12)23-19(26)17(16)18(22)25/h2-9,13,16-17,27H,1H3,(H2,22,25)(H,23,26)/t13-,16+,17-,20+/m1/s1. The van der Waals surface area contributed by atoms with Crippen LogP contribution in [0.25, 0.3) is 0 Å². The van der Waals surface area contributed by atoms with Crippen LogP contribution in [0.4, 0.5) is 5.69 Å². The first kappa shape index (κ1) is 20.8. The zero-order chi connectivity index (χ0) is 22.1. The number of benzene rings is 2. The number of hydrogen-bond donors (Lipinski definition) is 3. The second kappa shape index (κ2) is 7.81. The van der Waals surface area contributed by atoms with Crippen molar-refractivity contribution in [3.05, 3.63) is 69.8 Å². The fourth-order valence-electron chi connectivity index (χ4n) is 3.82. The van der Waals surface area contributed by atoms with Crippen LogP contribution >= 0.6 is 0 Å². The average molecular weight is 410 g/mol. The van der Waals surface area contributed by atoms with Gasteiger partial charge >= 0.3 is 5.69 Å². The first-order valence-corrected chi connectivity index (χ1v) is 8.85. The monoisotopic (exact) mass is 410 g/mol. The van der Waals surface area contributed by atoms with E-state index in [0.29, 0.717) is 0 Å². The van der Waals surface area contributed by atoms with Crippen molar-refractivity contribution in [1.82, 2.24) is 5.32 Å². The van der Waals surface area contributed by atoms with Crippen molar-refractivity contribution in [2.24, 2.45) is 17.6 Å². The van der Waals surface area contributed by atoms with Gasteiger partial charge in [-0.15, -0.1) is 0 Å². The number of hydrogen-bond acceptors (Lipinski definition) is 7. The molecular weight excluding hydrogens is 392 g/mol. The van der Waals surface area contributed by atoms with Crippen LogP contribution in [0.2, 0.25) is 0 Å². The van der Waals surface area contributed by atoms with Gasteiger partial charge in [-0.25, -0.2) is 0 Å². The summed E-state index contributed by atoms with van der Waals surface area (Å²) in [5.74, 6) is -6.08. The van der Waals surface area contributed by atoms with Crippen LogP contribution in [-0.4, -0.2) is 29.0 Å². The van der Waals surface area contributed by atoms with Gasteiger partial charge in [0.2, 0.25) is 11.8 Å². The fourth-order valence-corrected chi connectivity index (χ4v) is 3.82. The van der Waals surface area contributed by atoms with Crippen LogP contribution in [0.1, 0.15) is 17.0 Å². The number of rotatable bonds is 5. The number of ether oxygens (including phenoxy) is 1. The third-order valence-electron chi connectivity index (χ3n) is 5.21. The van der Waals surface area contributed by atoms with Gasteiger partial charge in [0, 0.05) is 17.5 Å². The Bertz CT molecular complexity index is 1050. The van der Waals surface area contributed by atoms with Gasteiger partial charge in [0.15, 0.2) is 11.5 Å². The molecule has 2 aromatic carbocycles. The van der Waals surface area contributed by atoms with Crippen LogP contribution in [0, 0.1) is 33.3 Å². The second-order valence-electron chi connectivity index (χ2n) is 6.82. The van der Waals surface area contributed by atoms with Gasteiger partial charge in [-0.05, 0) is 11.6 Å². The lowest BCUT2D eigenvalue weighted by molar-refractivity contribution is -0.385. The highest BCUT2D eigenvalue weighted by molar-refractivity contribution is 6.01. The average Bonchev–Trinajstić information content (AvgIpc) is 2.73. The van der Waals surface area contributed by atoms with E-state index in [1.165, 1.54) is 31.4 Å². The minimum Gasteiger partial charge on any atom is -0.490 e. The molecule has 1 fully saturated rings. The lowest BCUT2D eigenvalue weighted by atomic mass is 9.67. The number of methoxy groups -OCH3 is 1. The molecule has 0 aliphatic carbocycles. The third kappa shape index (κ3) is 3.31. The molecule has 0 unspecified atom stereocenters. The molecule has 1 aliphatic rings. The molecular formula is C20H18N4O6. The van der Waals surface area contributed by atoms with Crippen molar-refractivity contribution in [1.29, 1.82) is 5.26 Å². The normalized spacial score (nSPS) is 25.6. The molecule has 2 aromatic rings. The number of amides is 2. The van der Waals surface area contributed by atoms with Crippen molar-refractivity contribution in [2.75, 3.05) is 7.11 Å². The van der Waals surface area contributed by atoms with Crippen molar-refractivity contribution in [3.63, 3.8) is 0 Å². The predicted octanol–water partition coefficient (Wildman–Crippen LogP) is 0.903. The first-order chi connectivity index (χ1) is 14.2. The SMILES string of the molecule is COc1ccc([C@@H]2[C@H](C(N)=O)C(=O)N[C@](O)(c3ccccc3)[C@@H]2C#N)cc1[N+](=O)[O-]. The fraction of sp³-hybridized carbons (Fsp3) is 0.250. The number of nitro groups is 1. The second-order valence-corrected chi connectivity index (χ2v) is 6.82. The van der Waals surface area contributed by atoms with E-state index in [1.54, 1.807) is 18.2 Å². The van der Waals surface area contributed by atoms with E-state index in [4.69, 9.17) is 10.5 Å². The molecule has 1 saturated heterocycles. The van der Waals surface area contributed by atoms with Crippen LogP contribution < -0.4 is 15.8 Å². The predicted molar refractivity (Wildman–Crippen MR) is 103 cm³/mol. The van der Waals surface area contributed by atoms with Crippen molar-refractivity contribution in [2.45, 2.75) is 11.6 Å². The maximum Gasteiger partial charge on any atom is 0.311 e. The smallest absolute Gasteiger partial charge is 0.311 e. The topological polar surface area (TPSA) is 169 Å². The molecule has 2 amide bonds. The molecule has 4 N–H and O–H groups in total. The summed E-state index contributed by atoms with van der Waals surface area (Å²) in [5.41, 5.74) is 3.23. The maximum atomic E-state index is 12.8. The van der Waals surface area contributed by atoms with Crippen LogP contribution in [0.15, 0.2) is 48.5 Å². The number of aliphatic hydroxyl groups is 1. The Morgan fingerprint density at radius 2 is 2.00 bits per heavy atom. The zero-order valence-electron chi connectivity index (χ0n) is 15.8. The molecule has 0 radical (unpaired) electrons. The number of carbonyl (C=O) groups excluding carboxylic acids is 2. The van der Waals surface area contributed by atoms with E-state index < -0.39 is 45.9 Å². The summed E-state index contributed by atoms with van der Waals surface area (Å²) in [6.45, 7) is 0. The van der Waals surface area contributed by atoms with Crippen molar-refractivity contribution < 1.29 is 24.4 Å². The van der Waals surface area contributed by atoms with E-state index in [1.807, 2.05) is 6.07 Å². The highest BCUT2D eigenvalue weighted by atomic mass is 16.6. The lowest BCUT2D eigenvalue weighted by Gasteiger charge is -2.44. The summed E-state index contributed by atoms with van der Waals surface area (Å²) < 4.78 is 4.98. The van der Waals surface area contributed by atoms with E-state index in [-0.39, 0.29) is 16.9 Å². The Morgan fingerprint density at radius 1 is 1.33 bits per heavy atom. The van der Waals surface area contributed by atoms with Crippen LogP contribution in [-0.2, 0) is 15.3 Å². The summed E-state index contributed by atoms with van der Waals surface area (Å²) in [5, 5.41) is 35.0. The largest absolute Gasteiger partial charge is 0.490 e. The highest BCUT2D eigenvalue weighted by Gasteiger charge is 2.56. The molecule has 154 valence electrons. The Morgan fingerprint density at radius 3 is 2.53 bits per heavy atom. The minimum absolute atomic E-state index is 0.0357. The Labute approximate surface area is 171 Å². The maximum absolute atomic E-state index is 12.8. The van der Waals surface area contributed by atoms with Gasteiger partial charge in [0.1, 0.15) is 11.8 Å². The van der Waals surface area contributed by atoms with Crippen LogP contribution in [0.3, 0.4) is 0 Å². The molecule has 30 heavy (non-hydrogen) atoms. The molecule has 0 bridgehead atoms. The summed E-state index contributed by atoms with van der Waals surface area (Å²) >= 11 is 0. The molecule has 3 rings (SSSR count). The quantitative estimate of drug-likeness (QED) is 0.374.